The van der Waals surface area contributed by atoms with E-state index in [0.717, 1.165) is 0 Å². The lowest BCUT2D eigenvalue weighted by Gasteiger charge is -2.36. The minimum atomic E-state index is -0.199. The van der Waals surface area contributed by atoms with Crippen molar-refractivity contribution in [3.63, 3.8) is 0 Å². The van der Waals surface area contributed by atoms with Crippen LogP contribution in [0, 0.1) is 0 Å². The molecule has 2 atom stereocenters. The second-order valence-corrected chi connectivity index (χ2v) is 6.32. The third kappa shape index (κ3) is 3.54. The molecule has 0 spiro atoms. The number of carbonyl (C=O) groups is 2. The smallest absolute Gasteiger partial charge is 0.255 e. The number of ether oxygens (including phenoxy) is 1. The Hall–Kier alpha value is -2.90. The predicted octanol–water partition coefficient (Wildman–Crippen LogP) is 1.65. The molecule has 138 valence electrons. The number of hydrogen-bond acceptors (Lipinski definition) is 5. The number of aromatic nitrogens is 3. The quantitative estimate of drug-likeness (QED) is 0.793. The van der Waals surface area contributed by atoms with Crippen LogP contribution in [0.1, 0.15) is 37.0 Å². The van der Waals surface area contributed by atoms with Crippen LogP contribution >= 0.6 is 0 Å². The van der Waals surface area contributed by atoms with Gasteiger partial charge in [0.1, 0.15) is 11.6 Å². The summed E-state index contributed by atoms with van der Waals surface area (Å²) >= 11 is 0. The Kier molecular flexibility index (Phi) is 5.20. The molecule has 26 heavy (non-hydrogen) atoms. The summed E-state index contributed by atoms with van der Waals surface area (Å²) in [4.78, 5) is 37.4. The Morgan fingerprint density at radius 2 is 2.35 bits per heavy atom. The number of piperidine rings is 1. The highest BCUT2D eigenvalue weighted by atomic mass is 16.5. The first-order valence-corrected chi connectivity index (χ1v) is 8.75. The second kappa shape index (κ2) is 7.55. The third-order valence-corrected chi connectivity index (χ3v) is 4.51. The summed E-state index contributed by atoms with van der Waals surface area (Å²) < 4.78 is 5.98. The van der Waals surface area contributed by atoms with Crippen molar-refractivity contribution in [2.45, 2.75) is 38.8 Å². The van der Waals surface area contributed by atoms with Gasteiger partial charge in [-0.05, 0) is 19.9 Å². The fraction of sp³-hybridized carbons (Fsp3) is 0.444. The Morgan fingerprint density at radius 1 is 1.54 bits per heavy atom. The van der Waals surface area contributed by atoms with Crippen LogP contribution in [0.3, 0.4) is 0 Å². The van der Waals surface area contributed by atoms with Gasteiger partial charge in [-0.3, -0.25) is 9.59 Å². The molecule has 3 rings (SSSR count). The van der Waals surface area contributed by atoms with Gasteiger partial charge in [-0.15, -0.1) is 0 Å². The molecule has 0 unspecified atom stereocenters. The number of nitrogens with zero attached hydrogens (tertiary/aromatic N) is 3. The normalized spacial score (nSPS) is 20.0. The number of carbonyl (C=O) groups excluding carboxylic acids is 2. The first-order chi connectivity index (χ1) is 12.5. The maximum absolute atomic E-state index is 12.1. The van der Waals surface area contributed by atoms with Crippen molar-refractivity contribution in [3.05, 3.63) is 30.6 Å². The van der Waals surface area contributed by atoms with Crippen LogP contribution in [0.15, 0.2) is 25.0 Å². The van der Waals surface area contributed by atoms with Crippen LogP contribution in [-0.2, 0) is 4.79 Å². The van der Waals surface area contributed by atoms with Gasteiger partial charge in [0.05, 0.1) is 11.8 Å². The lowest BCUT2D eigenvalue weighted by molar-refractivity contribution is -0.130. The van der Waals surface area contributed by atoms with E-state index >= 15 is 0 Å². The molecule has 8 heteroatoms. The minimum absolute atomic E-state index is 0.0579. The fourth-order valence-electron chi connectivity index (χ4n) is 3.21. The van der Waals surface area contributed by atoms with Crippen molar-refractivity contribution in [1.29, 1.82) is 0 Å². The van der Waals surface area contributed by atoms with Crippen LogP contribution in [0.2, 0.25) is 0 Å². The molecule has 1 saturated heterocycles. The van der Waals surface area contributed by atoms with Gasteiger partial charge in [0.25, 0.3) is 5.91 Å². The van der Waals surface area contributed by atoms with Crippen molar-refractivity contribution < 1.29 is 14.3 Å². The van der Waals surface area contributed by atoms with Gasteiger partial charge in [0.2, 0.25) is 11.8 Å². The Labute approximate surface area is 151 Å². The van der Waals surface area contributed by atoms with E-state index < -0.39 is 0 Å². The van der Waals surface area contributed by atoms with Crippen LogP contribution < -0.4 is 10.1 Å². The summed E-state index contributed by atoms with van der Waals surface area (Å²) in [7, 11) is 0. The molecule has 2 aromatic heterocycles. The average Bonchev–Trinajstić information content (AvgIpc) is 3.05. The molecule has 2 aromatic rings. The van der Waals surface area contributed by atoms with E-state index in [4.69, 9.17) is 4.74 Å². The van der Waals surface area contributed by atoms with E-state index in [0.29, 0.717) is 48.5 Å². The van der Waals surface area contributed by atoms with Crippen LogP contribution in [0.25, 0.3) is 11.2 Å². The molecule has 3 heterocycles. The number of aromatic amines is 1. The summed E-state index contributed by atoms with van der Waals surface area (Å²) in [6.07, 6.45) is 5.84. The Balaban J connectivity index is 1.73. The molecule has 1 aliphatic heterocycles. The van der Waals surface area contributed by atoms with Crippen LogP contribution in [0.5, 0.6) is 5.88 Å². The second-order valence-electron chi connectivity index (χ2n) is 6.32. The van der Waals surface area contributed by atoms with Crippen molar-refractivity contribution in [2.75, 3.05) is 13.1 Å². The van der Waals surface area contributed by atoms with E-state index in [9.17, 15) is 9.59 Å². The number of hydrogen-bond donors (Lipinski definition) is 2. The molecular weight excluding hydrogens is 334 g/mol. The molecule has 0 aliphatic carbocycles. The predicted molar refractivity (Wildman–Crippen MR) is 96.9 cm³/mol. The summed E-state index contributed by atoms with van der Waals surface area (Å²) in [5.74, 6) is 0.120. The van der Waals surface area contributed by atoms with E-state index in [-0.39, 0.29) is 24.0 Å². The summed E-state index contributed by atoms with van der Waals surface area (Å²) in [6, 6.07) is 0.0640. The largest absolute Gasteiger partial charge is 0.473 e. The van der Waals surface area contributed by atoms with Gasteiger partial charge < -0.3 is 19.9 Å². The van der Waals surface area contributed by atoms with Gasteiger partial charge in [0.15, 0.2) is 5.65 Å². The van der Waals surface area contributed by atoms with E-state index in [2.05, 4.69) is 26.8 Å². The zero-order valence-electron chi connectivity index (χ0n) is 15.0. The first-order valence-electron chi connectivity index (χ1n) is 8.75. The molecule has 8 nitrogen and oxygen atoms in total. The summed E-state index contributed by atoms with van der Waals surface area (Å²) in [5.41, 5.74) is 1.47. The maximum Gasteiger partial charge on any atom is 0.255 e. The van der Waals surface area contributed by atoms with Crippen molar-refractivity contribution in [2.24, 2.45) is 0 Å². The third-order valence-electron chi connectivity index (χ3n) is 4.51. The van der Waals surface area contributed by atoms with E-state index in [1.807, 2.05) is 13.8 Å². The van der Waals surface area contributed by atoms with Crippen LogP contribution in [-0.4, -0.2) is 56.9 Å². The molecule has 0 radical (unpaired) electrons. The van der Waals surface area contributed by atoms with Crippen molar-refractivity contribution in [3.8, 4) is 5.88 Å². The number of rotatable bonds is 5. The van der Waals surface area contributed by atoms with Crippen molar-refractivity contribution >= 4 is 23.0 Å². The van der Waals surface area contributed by atoms with E-state index in [1.54, 1.807) is 17.3 Å². The molecule has 2 amide bonds. The highest BCUT2D eigenvalue weighted by molar-refractivity contribution is 6.04. The van der Waals surface area contributed by atoms with Gasteiger partial charge in [-0.1, -0.05) is 6.58 Å². The fourth-order valence-corrected chi connectivity index (χ4v) is 3.21. The minimum Gasteiger partial charge on any atom is -0.473 e. The SMILES string of the molecule is C=CC(=O)N1CC[C@@H](Oc2cnc3[nH]cc(C(=O)NCC)c3n2)C[C@@H]1C. The summed E-state index contributed by atoms with van der Waals surface area (Å²) in [5, 5.41) is 2.75. The number of fused-ring (bicyclic) bond motifs is 1. The average molecular weight is 357 g/mol. The molecule has 0 aromatic carbocycles. The molecule has 1 fully saturated rings. The molecule has 0 saturated carbocycles. The molecular formula is C18H23N5O3. The van der Waals surface area contributed by atoms with Crippen molar-refractivity contribution in [1.82, 2.24) is 25.2 Å². The van der Waals surface area contributed by atoms with E-state index in [1.165, 1.54) is 6.08 Å². The van der Waals surface area contributed by atoms with Gasteiger partial charge in [-0.25, -0.2) is 9.97 Å². The zero-order chi connectivity index (χ0) is 18.7. The Morgan fingerprint density at radius 3 is 3.04 bits per heavy atom. The molecule has 1 aliphatic rings. The van der Waals surface area contributed by atoms with Gasteiger partial charge in [-0.2, -0.15) is 0 Å². The lowest BCUT2D eigenvalue weighted by Crippen LogP contribution is -2.46. The topological polar surface area (TPSA) is 100 Å². The lowest BCUT2D eigenvalue weighted by atomic mass is 10.0. The standard InChI is InChI=1S/C18H23N5O3/c1-4-15(24)23-7-6-12(8-11(23)3)26-14-10-21-17-16(22-14)13(9-20-17)18(25)19-5-2/h4,9-12H,1,5-8H2,2-3H3,(H,19,25)(H,20,21)/t11-,12+/m0/s1. The summed E-state index contributed by atoms with van der Waals surface area (Å²) in [6.45, 7) is 8.54. The number of amides is 2. The van der Waals surface area contributed by atoms with Gasteiger partial charge in [0, 0.05) is 38.2 Å². The highest BCUT2D eigenvalue weighted by Gasteiger charge is 2.29. The molecule has 0 bridgehead atoms. The highest BCUT2D eigenvalue weighted by Crippen LogP contribution is 2.23. The maximum atomic E-state index is 12.1. The number of nitrogens with one attached hydrogen (secondary N) is 2. The molecule has 2 N–H and O–H groups in total. The number of likely N-dealkylation sites (tertiary alicyclic amines) is 1. The van der Waals surface area contributed by atoms with Gasteiger partial charge >= 0.3 is 0 Å². The van der Waals surface area contributed by atoms with Crippen LogP contribution in [0.4, 0.5) is 0 Å². The monoisotopic (exact) mass is 357 g/mol. The number of H-pyrrole nitrogens is 1. The zero-order valence-corrected chi connectivity index (χ0v) is 15.0. The first kappa shape index (κ1) is 17.9. The Bertz CT molecular complexity index is 831.